The Bertz CT molecular complexity index is 1610. The first-order chi connectivity index (χ1) is 18.9. The van der Waals surface area contributed by atoms with Crippen molar-refractivity contribution in [1.29, 1.82) is 0 Å². The van der Waals surface area contributed by atoms with Crippen LogP contribution in [0.25, 0.3) is 27.5 Å². The molecule has 0 saturated carbocycles. The number of amides is 1. The number of carbonyl (C=O) groups is 1. The van der Waals surface area contributed by atoms with Crippen LogP contribution < -0.4 is 15.2 Å². The second-order valence-corrected chi connectivity index (χ2v) is 10.2. The lowest BCUT2D eigenvalue weighted by atomic mass is 10.1. The number of ether oxygens (including phenoxy) is 1. The van der Waals surface area contributed by atoms with Crippen LogP contribution in [0.2, 0.25) is 0 Å². The van der Waals surface area contributed by atoms with Gasteiger partial charge in [-0.3, -0.25) is 9.36 Å². The molecule has 4 aromatic rings. The number of likely N-dealkylation sites (N-methyl/N-ethyl adjacent to an activating group) is 1. The highest BCUT2D eigenvalue weighted by Crippen LogP contribution is 2.27. The van der Waals surface area contributed by atoms with Gasteiger partial charge in [-0.2, -0.15) is 9.97 Å². The van der Waals surface area contributed by atoms with Crippen LogP contribution in [0.3, 0.4) is 0 Å². The maximum absolute atomic E-state index is 14.1. The van der Waals surface area contributed by atoms with E-state index >= 15 is 0 Å². The van der Waals surface area contributed by atoms with Crippen LogP contribution in [-0.2, 0) is 0 Å². The first-order valence-corrected chi connectivity index (χ1v) is 13.3. The van der Waals surface area contributed by atoms with E-state index in [1.54, 1.807) is 11.5 Å². The van der Waals surface area contributed by atoms with E-state index in [0.717, 1.165) is 35.8 Å². The van der Waals surface area contributed by atoms with Crippen molar-refractivity contribution in [2.75, 3.05) is 51.3 Å². The number of aryl methyl sites for hydroxylation is 1. The van der Waals surface area contributed by atoms with Gasteiger partial charge in [0.2, 0.25) is 0 Å². The van der Waals surface area contributed by atoms with Gasteiger partial charge in [0.25, 0.3) is 5.56 Å². The number of anilines is 1. The average molecular weight is 530 g/mol. The Morgan fingerprint density at radius 1 is 1.00 bits per heavy atom. The number of carboxylic acid groups (broad SMARTS) is 1. The summed E-state index contributed by atoms with van der Waals surface area (Å²) in [7, 11) is 2.07. The van der Waals surface area contributed by atoms with Crippen molar-refractivity contribution in [1.82, 2.24) is 29.3 Å². The molecule has 11 nitrogen and oxygen atoms in total. The van der Waals surface area contributed by atoms with E-state index < -0.39 is 6.09 Å². The van der Waals surface area contributed by atoms with Gasteiger partial charge in [0, 0.05) is 37.6 Å². The van der Waals surface area contributed by atoms with Crippen LogP contribution >= 0.6 is 0 Å². The lowest BCUT2D eigenvalue weighted by molar-refractivity contribution is 0.142. The van der Waals surface area contributed by atoms with Crippen molar-refractivity contribution in [3.63, 3.8) is 0 Å². The minimum absolute atomic E-state index is 0.130. The number of piperazine rings is 1. The molecule has 0 aliphatic carbocycles. The molecule has 0 bridgehead atoms. The first-order valence-electron chi connectivity index (χ1n) is 13.3. The molecule has 6 rings (SSSR count). The quantitative estimate of drug-likeness (QED) is 0.416. The third kappa shape index (κ3) is 4.63. The number of hydrogen-bond acceptors (Lipinski definition) is 8. The maximum atomic E-state index is 14.1. The smallest absolute Gasteiger partial charge is 0.407 e. The summed E-state index contributed by atoms with van der Waals surface area (Å²) in [5, 5.41) is 11.3. The van der Waals surface area contributed by atoms with Gasteiger partial charge in [-0.1, -0.05) is 36.4 Å². The zero-order chi connectivity index (χ0) is 27.1. The van der Waals surface area contributed by atoms with E-state index in [9.17, 15) is 14.7 Å². The molecule has 1 unspecified atom stereocenters. The van der Waals surface area contributed by atoms with E-state index in [1.807, 2.05) is 47.4 Å². The van der Waals surface area contributed by atoms with Crippen LogP contribution in [0.15, 0.2) is 47.3 Å². The van der Waals surface area contributed by atoms with Crippen molar-refractivity contribution >= 4 is 33.7 Å². The second-order valence-electron chi connectivity index (χ2n) is 10.2. The molecule has 39 heavy (non-hydrogen) atoms. The number of nitrogens with zero attached hydrogens (tertiary/aromatic N) is 7. The highest BCUT2D eigenvalue weighted by Gasteiger charge is 2.27. The van der Waals surface area contributed by atoms with Gasteiger partial charge in [0.15, 0.2) is 11.3 Å². The molecule has 2 saturated heterocycles. The summed E-state index contributed by atoms with van der Waals surface area (Å²) in [4.78, 5) is 45.3. The molecule has 202 valence electrons. The number of fused-ring (bicyclic) bond motifs is 2. The predicted molar refractivity (Wildman–Crippen MR) is 148 cm³/mol. The van der Waals surface area contributed by atoms with Gasteiger partial charge in [-0.25, -0.2) is 9.78 Å². The molecular formula is C28H31N7O4. The molecule has 11 heteroatoms. The number of aromatic nitrogens is 4. The third-order valence-electron chi connectivity index (χ3n) is 7.78. The van der Waals surface area contributed by atoms with Crippen molar-refractivity contribution < 1.29 is 14.6 Å². The molecular weight excluding hydrogens is 498 g/mol. The summed E-state index contributed by atoms with van der Waals surface area (Å²) in [5.41, 5.74) is 0.997. The molecule has 1 amide bonds. The highest BCUT2D eigenvalue weighted by molar-refractivity contribution is 5.91. The second kappa shape index (κ2) is 10.1. The van der Waals surface area contributed by atoms with Gasteiger partial charge in [0.05, 0.1) is 5.69 Å². The van der Waals surface area contributed by atoms with Crippen LogP contribution in [-0.4, -0.2) is 92.9 Å². The lowest BCUT2D eigenvalue weighted by Gasteiger charge is -2.34. The Morgan fingerprint density at radius 2 is 1.77 bits per heavy atom. The summed E-state index contributed by atoms with van der Waals surface area (Å²) in [5.74, 6) is 1.00. The minimum Gasteiger partial charge on any atom is -0.465 e. The van der Waals surface area contributed by atoms with Crippen molar-refractivity contribution in [2.24, 2.45) is 0 Å². The Morgan fingerprint density at radius 3 is 2.51 bits per heavy atom. The van der Waals surface area contributed by atoms with Gasteiger partial charge >= 0.3 is 12.1 Å². The topological polar surface area (TPSA) is 117 Å². The molecule has 2 aromatic carbocycles. The zero-order valence-electron chi connectivity index (χ0n) is 22.1. The Kier molecular flexibility index (Phi) is 6.51. The summed E-state index contributed by atoms with van der Waals surface area (Å²) in [6.07, 6.45) is 1.20. The summed E-state index contributed by atoms with van der Waals surface area (Å²) in [6, 6.07) is 14.1. The third-order valence-corrected chi connectivity index (χ3v) is 7.78. The first kappa shape index (κ1) is 25.1. The fourth-order valence-corrected chi connectivity index (χ4v) is 5.58. The molecule has 2 aliphatic rings. The van der Waals surface area contributed by atoms with Crippen LogP contribution in [0.1, 0.15) is 18.7 Å². The van der Waals surface area contributed by atoms with Gasteiger partial charge in [0.1, 0.15) is 17.9 Å². The van der Waals surface area contributed by atoms with Gasteiger partial charge in [-0.05, 0) is 44.8 Å². The van der Waals surface area contributed by atoms with Crippen molar-refractivity contribution in [2.45, 2.75) is 25.8 Å². The summed E-state index contributed by atoms with van der Waals surface area (Å²) >= 11 is 0. The number of rotatable bonds is 5. The normalized spacial score (nSPS) is 18.3. The fraction of sp³-hybridized carbons (Fsp3) is 0.393. The number of likely N-dealkylation sites (tertiary alicyclic amines) is 1. The lowest BCUT2D eigenvalue weighted by Crippen LogP contribution is -2.48. The van der Waals surface area contributed by atoms with Crippen LogP contribution in [0.4, 0.5) is 10.6 Å². The van der Waals surface area contributed by atoms with E-state index in [0.29, 0.717) is 49.9 Å². The molecule has 2 aromatic heterocycles. The summed E-state index contributed by atoms with van der Waals surface area (Å²) in [6.45, 7) is 4.75. The number of benzene rings is 2. The maximum Gasteiger partial charge on any atom is 0.407 e. The fourth-order valence-electron chi connectivity index (χ4n) is 5.58. The van der Waals surface area contributed by atoms with Crippen LogP contribution in [0.5, 0.6) is 6.01 Å². The highest BCUT2D eigenvalue weighted by atomic mass is 16.5. The monoisotopic (exact) mass is 529 g/mol. The Balaban J connectivity index is 1.48. The molecule has 2 fully saturated rings. The molecule has 2 aliphatic heterocycles. The Labute approximate surface area is 225 Å². The largest absolute Gasteiger partial charge is 0.465 e. The zero-order valence-corrected chi connectivity index (χ0v) is 22.1. The molecule has 1 atom stereocenters. The molecule has 0 spiro atoms. The van der Waals surface area contributed by atoms with E-state index in [4.69, 9.17) is 14.7 Å². The summed E-state index contributed by atoms with van der Waals surface area (Å²) < 4.78 is 7.68. The van der Waals surface area contributed by atoms with Crippen LogP contribution in [0, 0.1) is 6.92 Å². The SMILES string of the molecule is Cc1nc2c(N3CCN(C(=O)O)CC3)nc(OCC3CCCN3C)nc2c(=O)n1-c1cccc2ccccc12. The average Bonchev–Trinajstić information content (AvgIpc) is 3.36. The van der Waals surface area contributed by atoms with Gasteiger partial charge in [-0.15, -0.1) is 0 Å². The van der Waals surface area contributed by atoms with E-state index in [2.05, 4.69) is 16.9 Å². The van der Waals surface area contributed by atoms with Gasteiger partial charge < -0.3 is 24.5 Å². The standard InChI is InChI=1S/C28H31N7O4/c1-18-29-23-24(26(36)35(18)22-11-5-8-19-7-3-4-10-21(19)22)30-27(39-17-20-9-6-12-32(20)2)31-25(23)33-13-15-34(16-14-33)28(37)38/h3-5,7-8,10-11,20H,6,9,12-17H2,1-2H3,(H,37,38). The molecule has 1 N–H and O–H groups in total. The Hall–Kier alpha value is -4.25. The predicted octanol–water partition coefficient (Wildman–Crippen LogP) is 2.91. The number of hydrogen-bond donors (Lipinski definition) is 1. The van der Waals surface area contributed by atoms with Crippen molar-refractivity contribution in [3.05, 3.63) is 58.6 Å². The molecule has 4 heterocycles. The van der Waals surface area contributed by atoms with E-state index in [-0.39, 0.29) is 23.1 Å². The van der Waals surface area contributed by atoms with E-state index in [1.165, 1.54) is 4.90 Å². The van der Waals surface area contributed by atoms with Crippen molar-refractivity contribution in [3.8, 4) is 11.7 Å². The molecule has 0 radical (unpaired) electrons. The minimum atomic E-state index is -0.946.